The highest BCUT2D eigenvalue weighted by Gasteiger charge is 2.14. The number of anilines is 2. The Morgan fingerprint density at radius 2 is 1.74 bits per heavy atom. The first-order chi connectivity index (χ1) is 16.6. The van der Waals surface area contributed by atoms with Crippen LogP contribution in [0.3, 0.4) is 0 Å². The van der Waals surface area contributed by atoms with Crippen LogP contribution < -0.4 is 20.1 Å². The third-order valence-corrected chi connectivity index (χ3v) is 5.65. The number of fused-ring (bicyclic) bond motifs is 1. The molecule has 0 aliphatic rings. The fraction of sp³-hybridized carbons (Fsp3) is 0.407. The maximum absolute atomic E-state index is 13.1. The summed E-state index contributed by atoms with van der Waals surface area (Å²) in [5.74, 6) is 1.81. The molecule has 0 unspecified atom stereocenters. The summed E-state index contributed by atoms with van der Waals surface area (Å²) >= 11 is 0. The lowest BCUT2D eigenvalue weighted by atomic mass is 10.1. The third kappa shape index (κ3) is 6.60. The Bertz CT molecular complexity index is 1080. The second-order valence-electron chi connectivity index (χ2n) is 8.21. The number of aromatic nitrogens is 1. The summed E-state index contributed by atoms with van der Waals surface area (Å²) in [7, 11) is 3.22. The molecule has 1 aromatic heterocycles. The Morgan fingerprint density at radius 1 is 0.971 bits per heavy atom. The van der Waals surface area contributed by atoms with Crippen molar-refractivity contribution in [1.29, 1.82) is 0 Å². The molecule has 1 amide bonds. The molecule has 0 aliphatic heterocycles. The number of nitrogens with one attached hydrogen (secondary N) is 2. The van der Waals surface area contributed by atoms with Crippen molar-refractivity contribution in [2.24, 2.45) is 0 Å². The first-order valence-electron chi connectivity index (χ1n) is 12.0. The van der Waals surface area contributed by atoms with E-state index in [0.29, 0.717) is 29.4 Å². The molecule has 1 heterocycles. The quantitative estimate of drug-likeness (QED) is 0.337. The van der Waals surface area contributed by atoms with Gasteiger partial charge in [0, 0.05) is 18.0 Å². The van der Waals surface area contributed by atoms with Crippen molar-refractivity contribution in [3.8, 4) is 11.5 Å². The van der Waals surface area contributed by atoms with Crippen LogP contribution in [-0.4, -0.2) is 56.2 Å². The van der Waals surface area contributed by atoms with Crippen LogP contribution in [0.5, 0.6) is 11.5 Å². The highest BCUT2D eigenvalue weighted by molar-refractivity contribution is 6.07. The number of carbonyl (C=O) groups is 1. The van der Waals surface area contributed by atoms with Crippen LogP contribution in [-0.2, 0) is 0 Å². The van der Waals surface area contributed by atoms with Gasteiger partial charge >= 0.3 is 0 Å². The number of nitrogens with zero attached hydrogens (tertiary/aromatic N) is 2. The van der Waals surface area contributed by atoms with Gasteiger partial charge in [-0.25, -0.2) is 4.98 Å². The summed E-state index contributed by atoms with van der Waals surface area (Å²) in [6.07, 6.45) is 3.21. The number of pyridine rings is 1. The summed E-state index contributed by atoms with van der Waals surface area (Å²) in [4.78, 5) is 20.3. The van der Waals surface area contributed by atoms with E-state index in [4.69, 9.17) is 14.5 Å². The van der Waals surface area contributed by atoms with Gasteiger partial charge in [0.1, 0.15) is 17.3 Å². The molecule has 3 rings (SSSR count). The number of ether oxygens (including phenoxy) is 2. The molecule has 2 N–H and O–H groups in total. The Morgan fingerprint density at radius 3 is 2.44 bits per heavy atom. The van der Waals surface area contributed by atoms with Gasteiger partial charge < -0.3 is 25.0 Å². The number of methoxy groups -OCH3 is 2. The van der Waals surface area contributed by atoms with Crippen molar-refractivity contribution >= 4 is 28.3 Å². The second-order valence-corrected chi connectivity index (χ2v) is 8.21. The van der Waals surface area contributed by atoms with E-state index in [9.17, 15) is 4.79 Å². The molecule has 3 aromatic rings. The highest BCUT2D eigenvalue weighted by atomic mass is 16.5. The molecule has 0 atom stereocenters. The summed E-state index contributed by atoms with van der Waals surface area (Å²) in [5.41, 5.74) is 2.09. The van der Waals surface area contributed by atoms with Crippen molar-refractivity contribution in [2.45, 2.75) is 33.1 Å². The van der Waals surface area contributed by atoms with E-state index in [0.717, 1.165) is 55.5 Å². The number of rotatable bonds is 13. The zero-order valence-corrected chi connectivity index (χ0v) is 20.7. The third-order valence-electron chi connectivity index (χ3n) is 5.65. The van der Waals surface area contributed by atoms with Crippen LogP contribution in [0.25, 0.3) is 10.9 Å². The summed E-state index contributed by atoms with van der Waals surface area (Å²) in [6.45, 7) is 8.22. The van der Waals surface area contributed by atoms with E-state index in [2.05, 4.69) is 29.4 Å². The average molecular weight is 465 g/mol. The summed E-state index contributed by atoms with van der Waals surface area (Å²) < 4.78 is 10.8. The molecule has 7 heteroatoms. The maximum Gasteiger partial charge on any atom is 0.252 e. The van der Waals surface area contributed by atoms with Crippen LogP contribution >= 0.6 is 0 Å². The molecular weight excluding hydrogens is 428 g/mol. The van der Waals surface area contributed by atoms with Crippen molar-refractivity contribution in [3.05, 3.63) is 54.1 Å². The lowest BCUT2D eigenvalue weighted by Gasteiger charge is -2.20. The minimum atomic E-state index is -0.0964. The van der Waals surface area contributed by atoms with Gasteiger partial charge in [-0.05, 0) is 63.2 Å². The molecule has 182 valence electrons. The normalized spacial score (nSPS) is 11.0. The number of hydrogen-bond donors (Lipinski definition) is 2. The first-order valence-corrected chi connectivity index (χ1v) is 12.0. The molecule has 7 nitrogen and oxygen atoms in total. The number of benzene rings is 2. The zero-order valence-electron chi connectivity index (χ0n) is 20.7. The standard InChI is InChI=1S/C27H36N4O3/c1-5-15-31(16-6-2)17-9-14-28-27(32)22-19-26(29-23-11-8-7-10-21(22)23)30-24-13-12-20(33-3)18-25(24)34-4/h7-8,10-13,18-19H,5-6,9,14-17H2,1-4H3,(H,28,32)(H,29,30). The molecule has 0 aliphatic carbocycles. The van der Waals surface area contributed by atoms with E-state index in [1.165, 1.54) is 0 Å². The van der Waals surface area contributed by atoms with Crippen LogP contribution in [0.15, 0.2) is 48.5 Å². The van der Waals surface area contributed by atoms with E-state index in [-0.39, 0.29) is 5.91 Å². The van der Waals surface area contributed by atoms with Gasteiger partial charge in [-0.15, -0.1) is 0 Å². The van der Waals surface area contributed by atoms with Crippen molar-refractivity contribution in [1.82, 2.24) is 15.2 Å². The largest absolute Gasteiger partial charge is 0.497 e. The average Bonchev–Trinajstić information content (AvgIpc) is 2.86. The predicted octanol–water partition coefficient (Wildman–Crippen LogP) is 5.24. The maximum atomic E-state index is 13.1. The van der Waals surface area contributed by atoms with Crippen molar-refractivity contribution in [2.75, 3.05) is 45.7 Å². The lowest BCUT2D eigenvalue weighted by Crippen LogP contribution is -2.31. The Hall–Kier alpha value is -3.32. The van der Waals surface area contributed by atoms with Crippen LogP contribution in [0.2, 0.25) is 0 Å². The van der Waals surface area contributed by atoms with Crippen molar-refractivity contribution in [3.63, 3.8) is 0 Å². The van der Waals surface area contributed by atoms with Gasteiger partial charge in [0.25, 0.3) is 5.91 Å². The summed E-state index contributed by atoms with van der Waals surface area (Å²) in [5, 5.41) is 7.22. The van der Waals surface area contributed by atoms with Gasteiger partial charge in [-0.3, -0.25) is 4.79 Å². The molecule has 0 bridgehead atoms. The Labute approximate surface area is 202 Å². The van der Waals surface area contributed by atoms with Gasteiger partial charge in [-0.2, -0.15) is 0 Å². The molecule has 0 saturated carbocycles. The van der Waals surface area contributed by atoms with Gasteiger partial charge in [-0.1, -0.05) is 32.0 Å². The minimum Gasteiger partial charge on any atom is -0.497 e. The second kappa shape index (κ2) is 12.8. The SMILES string of the molecule is CCCN(CCC)CCCNC(=O)c1cc(Nc2ccc(OC)cc2OC)nc2ccccc12. The molecular formula is C27H36N4O3. The molecule has 0 saturated heterocycles. The number of hydrogen-bond acceptors (Lipinski definition) is 6. The van der Waals surface area contributed by atoms with E-state index < -0.39 is 0 Å². The predicted molar refractivity (Wildman–Crippen MR) is 139 cm³/mol. The summed E-state index contributed by atoms with van der Waals surface area (Å²) in [6, 6.07) is 15.0. The van der Waals surface area contributed by atoms with E-state index in [1.54, 1.807) is 26.4 Å². The van der Waals surface area contributed by atoms with Crippen LogP contribution in [0, 0.1) is 0 Å². The Kier molecular flexibility index (Phi) is 9.52. The van der Waals surface area contributed by atoms with Gasteiger partial charge in [0.05, 0.1) is 31.0 Å². The molecule has 34 heavy (non-hydrogen) atoms. The smallest absolute Gasteiger partial charge is 0.252 e. The lowest BCUT2D eigenvalue weighted by molar-refractivity contribution is 0.0953. The van der Waals surface area contributed by atoms with Gasteiger partial charge in [0.15, 0.2) is 0 Å². The van der Waals surface area contributed by atoms with Crippen molar-refractivity contribution < 1.29 is 14.3 Å². The van der Waals surface area contributed by atoms with Crippen LogP contribution in [0.1, 0.15) is 43.5 Å². The molecule has 0 fully saturated rings. The monoisotopic (exact) mass is 464 g/mol. The van der Waals surface area contributed by atoms with Gasteiger partial charge in [0.2, 0.25) is 0 Å². The molecule has 0 radical (unpaired) electrons. The van der Waals surface area contributed by atoms with E-state index in [1.807, 2.05) is 36.4 Å². The first kappa shape index (κ1) is 25.3. The highest BCUT2D eigenvalue weighted by Crippen LogP contribution is 2.32. The van der Waals surface area contributed by atoms with E-state index >= 15 is 0 Å². The number of carbonyl (C=O) groups excluding carboxylic acids is 1. The minimum absolute atomic E-state index is 0.0964. The molecule has 2 aromatic carbocycles. The number of amides is 1. The Balaban J connectivity index is 1.76. The molecule has 0 spiro atoms. The fourth-order valence-electron chi connectivity index (χ4n) is 4.03. The number of para-hydroxylation sites is 1. The zero-order chi connectivity index (χ0) is 24.3. The van der Waals surface area contributed by atoms with Crippen LogP contribution in [0.4, 0.5) is 11.5 Å². The fourth-order valence-corrected chi connectivity index (χ4v) is 4.03. The topological polar surface area (TPSA) is 75.7 Å².